The Morgan fingerprint density at radius 3 is 1.21 bits per heavy atom. The molecule has 0 fully saturated rings. The second-order valence-electron chi connectivity index (χ2n) is 22.8. The fourth-order valence-electron chi connectivity index (χ4n) is 10.6. The monoisotopic (exact) mass is 1690 g/mol. The van der Waals surface area contributed by atoms with Crippen molar-refractivity contribution in [1.29, 1.82) is 0 Å². The van der Waals surface area contributed by atoms with Crippen LogP contribution in [-0.4, -0.2) is 48.2 Å². The van der Waals surface area contributed by atoms with E-state index < -0.39 is 0 Å². The summed E-state index contributed by atoms with van der Waals surface area (Å²) in [5.74, 6) is 3.23. The van der Waals surface area contributed by atoms with Gasteiger partial charge in [0.15, 0.2) is 0 Å². The Labute approximate surface area is 642 Å². The molecule has 518 valence electrons. The standard InChI is InChI=1S/C21H18N4.C20H16N4.2C19H15N5.4Pd/c1-16-9-10-20(22-16)18-6-3-5-17(13-18)14-19-7-4-8-21(23-19)25-12-11-24(2)15-25;1-23-11-12-24(15-23)20-9-3-7-18(22-20)14-16-5-2-6-17(13-16)19-8-4-10-21-19;1-23-10-11-24(14-23)17-5-2-4-15(13-17)12-16-7-9-21-19(22-16)18-6-3-8-20-18;1-23-8-9-24(14-23)19-7-3-6-17(22-19)11-15-4-2-5-16(10-15)18-12-20-13-21-18;;;;/h3-12H,14H2,1-2H3;2-12H,14H2,1H3;2-11H,12H2,1H3;2-9,12-13H,11H2,1H3;;;;/q4*-2;;;;. The van der Waals surface area contributed by atoms with Gasteiger partial charge in [0.1, 0.15) is 23.3 Å². The first-order valence-electron chi connectivity index (χ1n) is 31.3. The molecule has 0 aliphatic rings. The van der Waals surface area contributed by atoms with Crippen LogP contribution in [0.4, 0.5) is 0 Å². The Morgan fingerprint density at radius 2 is 0.792 bits per heavy atom. The Kier molecular flexibility index (Phi) is 27.0. The molecule has 101 heavy (non-hydrogen) atoms. The number of imidazole rings is 5. The predicted molar refractivity (Wildman–Crippen MR) is 362 cm³/mol. The minimum atomic E-state index is 0. The van der Waals surface area contributed by atoms with Crippen LogP contribution >= 0.6 is 0 Å². The first-order chi connectivity index (χ1) is 47.5. The van der Waals surface area contributed by atoms with E-state index in [0.29, 0.717) is 18.7 Å². The molecule has 0 atom stereocenters. The van der Waals surface area contributed by atoms with Crippen LogP contribution in [0.5, 0.6) is 0 Å². The smallest absolute Gasteiger partial charge is 0.244 e. The van der Waals surface area contributed by atoms with Gasteiger partial charge >= 0.3 is 0 Å². The zero-order valence-electron chi connectivity index (χ0n) is 55.3. The number of benzene rings is 4. The summed E-state index contributed by atoms with van der Waals surface area (Å²) in [6, 6.07) is 70.0. The number of aryl methyl sites for hydroxylation is 5. The molecule has 22 heteroatoms. The molecule has 0 unspecified atom stereocenters. The molecule has 16 rings (SSSR count). The fourth-order valence-corrected chi connectivity index (χ4v) is 10.6. The summed E-state index contributed by atoms with van der Waals surface area (Å²) in [6.45, 7) is 2.00. The van der Waals surface area contributed by atoms with E-state index in [-0.39, 0.29) is 81.7 Å². The quantitative estimate of drug-likeness (QED) is 0.0517. The van der Waals surface area contributed by atoms with E-state index in [4.69, 9.17) is 15.0 Å². The number of hydrogen-bond acceptors (Lipinski definition) is 6. The Balaban J connectivity index is 0.000000155. The van der Waals surface area contributed by atoms with Crippen LogP contribution in [0.25, 0.3) is 68.4 Å². The van der Waals surface area contributed by atoms with Crippen molar-refractivity contribution >= 4 is 0 Å². The van der Waals surface area contributed by atoms with Crippen LogP contribution in [0.1, 0.15) is 50.7 Å². The summed E-state index contributed by atoms with van der Waals surface area (Å²) in [5.41, 5.74) is 16.8. The third-order valence-corrected chi connectivity index (χ3v) is 15.2. The molecule has 12 aromatic heterocycles. The number of rotatable bonds is 16. The van der Waals surface area contributed by atoms with Gasteiger partial charge in [-0.25, -0.2) is 21.4 Å². The van der Waals surface area contributed by atoms with Crippen LogP contribution in [0.3, 0.4) is 0 Å². The average molecular weight is 1690 g/mol. The molecule has 0 amide bonds. The van der Waals surface area contributed by atoms with Crippen LogP contribution < -0.4 is 38.2 Å². The van der Waals surface area contributed by atoms with Crippen molar-refractivity contribution < 1.29 is 100.0 Å². The van der Waals surface area contributed by atoms with Crippen LogP contribution in [-0.2, 0) is 136 Å². The second-order valence-corrected chi connectivity index (χ2v) is 22.8. The number of hydrogen-bond donors (Lipinski definition) is 0. The predicted octanol–water partition coefficient (Wildman–Crippen LogP) is 9.14. The van der Waals surface area contributed by atoms with Crippen LogP contribution in [0, 0.1) is 56.5 Å². The van der Waals surface area contributed by atoms with Gasteiger partial charge in [-0.2, -0.15) is 59.0 Å². The Morgan fingerprint density at radius 1 is 0.376 bits per heavy atom. The summed E-state index contributed by atoms with van der Waals surface area (Å²) in [5, 5.41) is 0. The van der Waals surface area contributed by atoms with Crippen molar-refractivity contribution in [3.8, 4) is 68.4 Å². The topological polar surface area (TPSA) is 169 Å². The summed E-state index contributed by atoms with van der Waals surface area (Å²) in [6.07, 6.45) is 39.7. The molecule has 0 aliphatic carbocycles. The molecule has 16 aromatic rings. The number of aromatic nitrogens is 18. The summed E-state index contributed by atoms with van der Waals surface area (Å²) in [4.78, 5) is 44.4. The Hall–Kier alpha value is -10.1. The molecule has 18 nitrogen and oxygen atoms in total. The van der Waals surface area contributed by atoms with Crippen molar-refractivity contribution in [2.75, 3.05) is 0 Å². The molecule has 0 aliphatic heterocycles. The van der Waals surface area contributed by atoms with Gasteiger partial charge in [0.05, 0.1) is 28.2 Å². The summed E-state index contributed by atoms with van der Waals surface area (Å²) < 4.78 is 15.1. The molecule has 0 saturated carbocycles. The van der Waals surface area contributed by atoms with Crippen LogP contribution in [0.15, 0.2) is 251 Å². The number of nitrogens with zero attached hydrogens (tertiary/aromatic N) is 18. The van der Waals surface area contributed by atoms with Crippen molar-refractivity contribution in [1.82, 2.24) is 68.1 Å². The van der Waals surface area contributed by atoms with Crippen molar-refractivity contribution in [3.05, 3.63) is 351 Å². The zero-order chi connectivity index (χ0) is 66.3. The van der Waals surface area contributed by atoms with Gasteiger partial charge in [-0.3, -0.25) is 15.0 Å². The van der Waals surface area contributed by atoms with E-state index in [1.54, 1.807) is 31.1 Å². The minimum Gasteiger partial charge on any atom is -0.708 e. The van der Waals surface area contributed by atoms with E-state index in [1.807, 2.05) is 261 Å². The van der Waals surface area contributed by atoms with Crippen molar-refractivity contribution in [3.63, 3.8) is 0 Å². The minimum absolute atomic E-state index is 0. The third kappa shape index (κ3) is 20.6. The summed E-state index contributed by atoms with van der Waals surface area (Å²) in [7, 11) is 7.77. The van der Waals surface area contributed by atoms with Gasteiger partial charge in [0, 0.05) is 160 Å². The maximum absolute atomic E-state index is 4.74. The largest absolute Gasteiger partial charge is 0.708 e. The molecule has 0 radical (unpaired) electrons. The van der Waals surface area contributed by atoms with Gasteiger partial charge in [-0.05, 0) is 68.1 Å². The normalized spacial score (nSPS) is 10.5. The molecular weight excluding hydrogens is 1630 g/mol. The molecule has 0 bridgehead atoms. The SMILES string of the molecule is C[n+]1[c-]n(-c2[c-]c(Cc3ccnc(-c4ccc[n-]4)n3)ccc2)cc1.C[n+]1[c-]n(-c2cccc(Cc3[c-]c(-c4ccc[n-]4)ccc3)n2)cc1.C[n+]1[c-]n(-c2cccc(Cc3[c-]c(-c4cnc[n-]4)ccc3)n2)cc1.Cc1ccc(-c2[c-]c(Cc3cccc(-n4[c-][n+](C)cc4)n3)ccc2)[n-]1.[Pd].[Pd].[Pd].[Pd]. The Bertz CT molecular complexity index is 4720. The summed E-state index contributed by atoms with van der Waals surface area (Å²) >= 11 is 0. The molecule has 12 heterocycles. The van der Waals surface area contributed by atoms with E-state index in [2.05, 4.69) is 115 Å². The van der Waals surface area contributed by atoms with E-state index in [1.165, 1.54) is 0 Å². The zero-order valence-corrected chi connectivity index (χ0v) is 61.5. The second kappa shape index (κ2) is 36.3. The molecule has 0 N–H and O–H groups in total. The average Bonchev–Trinajstić information content (AvgIpc) is 1.84. The molecule has 0 saturated heterocycles. The third-order valence-electron chi connectivity index (χ3n) is 15.2. The maximum Gasteiger partial charge on any atom is 0.244 e. The van der Waals surface area contributed by atoms with Gasteiger partial charge in [-0.1, -0.05) is 60.8 Å². The van der Waals surface area contributed by atoms with Gasteiger partial charge < -0.3 is 61.5 Å². The van der Waals surface area contributed by atoms with Gasteiger partial charge in [0.2, 0.25) is 25.3 Å². The first kappa shape index (κ1) is 75.2. The van der Waals surface area contributed by atoms with Gasteiger partial charge in [-0.15, -0.1) is 125 Å². The first-order valence-corrected chi connectivity index (χ1v) is 31.3. The van der Waals surface area contributed by atoms with Gasteiger partial charge in [0.25, 0.3) is 0 Å². The van der Waals surface area contributed by atoms with E-state index in [0.717, 1.165) is 126 Å². The van der Waals surface area contributed by atoms with Crippen molar-refractivity contribution in [2.45, 2.75) is 32.6 Å². The molecule has 0 spiro atoms. The van der Waals surface area contributed by atoms with Crippen LogP contribution in [0.2, 0.25) is 0 Å². The maximum atomic E-state index is 4.74. The van der Waals surface area contributed by atoms with Crippen molar-refractivity contribution in [2.24, 2.45) is 28.2 Å². The van der Waals surface area contributed by atoms with E-state index >= 15 is 0 Å². The molecule has 4 aromatic carbocycles. The van der Waals surface area contributed by atoms with E-state index in [9.17, 15) is 0 Å². The number of pyridine rings is 3. The fraction of sp³-hybridized carbons (Fsp3) is 0.114. The molecular formula is C79H64N18Pd4-8.